The van der Waals surface area contributed by atoms with Gasteiger partial charge in [0.1, 0.15) is 5.82 Å². The van der Waals surface area contributed by atoms with Gasteiger partial charge in [0.25, 0.3) is 5.91 Å². The topological polar surface area (TPSA) is 29.1 Å². The number of hydrogen-bond acceptors (Lipinski definition) is 1. The zero-order valence-corrected chi connectivity index (χ0v) is 12.7. The van der Waals surface area contributed by atoms with Crippen LogP contribution in [0, 0.1) is 12.7 Å². The van der Waals surface area contributed by atoms with Crippen molar-refractivity contribution < 1.29 is 9.18 Å². The van der Waals surface area contributed by atoms with Crippen molar-refractivity contribution >= 4 is 21.8 Å². The average Bonchev–Trinajstić information content (AvgIpc) is 2.42. The quantitative estimate of drug-likeness (QED) is 0.836. The molecule has 1 N–H and O–H groups in total. The fourth-order valence-corrected chi connectivity index (χ4v) is 3.35. The van der Waals surface area contributed by atoms with E-state index in [-0.39, 0.29) is 17.0 Å². The average molecular weight is 328 g/mol. The molecule has 1 aromatic carbocycles. The van der Waals surface area contributed by atoms with Crippen molar-refractivity contribution in [3.8, 4) is 0 Å². The number of nitrogens with one attached hydrogen (secondary N) is 1. The summed E-state index contributed by atoms with van der Waals surface area (Å²) in [6, 6.07) is 4.93. The number of amides is 1. The van der Waals surface area contributed by atoms with Gasteiger partial charge in [-0.15, -0.1) is 0 Å². The first-order chi connectivity index (χ1) is 9.08. The van der Waals surface area contributed by atoms with Gasteiger partial charge < -0.3 is 5.32 Å². The number of carbonyl (C=O) groups excluding carboxylic acids is 1. The molecule has 2 rings (SSSR count). The summed E-state index contributed by atoms with van der Waals surface area (Å²) < 4.78 is 14.0. The van der Waals surface area contributed by atoms with Crippen LogP contribution in [0.25, 0.3) is 0 Å². The van der Waals surface area contributed by atoms with Crippen LogP contribution in [0.4, 0.5) is 4.39 Å². The van der Waals surface area contributed by atoms with E-state index >= 15 is 0 Å². The second kappa shape index (κ2) is 6.04. The molecule has 0 unspecified atom stereocenters. The first-order valence-electron chi connectivity index (χ1n) is 6.72. The molecule has 4 heteroatoms. The van der Waals surface area contributed by atoms with E-state index in [0.717, 1.165) is 31.0 Å². The minimum atomic E-state index is -0.416. The lowest BCUT2D eigenvalue weighted by atomic mass is 9.83. The van der Waals surface area contributed by atoms with Gasteiger partial charge in [-0.05, 0) is 31.4 Å². The molecule has 0 heterocycles. The van der Waals surface area contributed by atoms with Crippen LogP contribution in [-0.4, -0.2) is 16.8 Å². The summed E-state index contributed by atoms with van der Waals surface area (Å²) in [5.74, 6) is -0.719. The van der Waals surface area contributed by atoms with Crippen LogP contribution in [0.15, 0.2) is 18.2 Å². The van der Waals surface area contributed by atoms with Gasteiger partial charge in [0.2, 0.25) is 0 Å². The molecular formula is C15H19BrFNO. The molecule has 19 heavy (non-hydrogen) atoms. The number of halogens is 2. The molecule has 2 nitrogen and oxygen atoms in total. The number of carbonyl (C=O) groups is 1. The van der Waals surface area contributed by atoms with Crippen molar-refractivity contribution in [2.75, 3.05) is 5.33 Å². The highest BCUT2D eigenvalue weighted by Crippen LogP contribution is 2.30. The molecule has 104 valence electrons. The summed E-state index contributed by atoms with van der Waals surface area (Å²) in [6.07, 6.45) is 5.35. The first-order valence-corrected chi connectivity index (χ1v) is 7.84. The van der Waals surface area contributed by atoms with Crippen LogP contribution in [0.3, 0.4) is 0 Å². The highest BCUT2D eigenvalue weighted by molar-refractivity contribution is 9.09. The third-order valence-corrected chi connectivity index (χ3v) is 4.95. The minimum absolute atomic E-state index is 0.144. The van der Waals surface area contributed by atoms with Gasteiger partial charge >= 0.3 is 0 Å². The van der Waals surface area contributed by atoms with Crippen molar-refractivity contribution in [2.24, 2.45) is 0 Å². The third-order valence-electron chi connectivity index (χ3n) is 3.88. The summed E-state index contributed by atoms with van der Waals surface area (Å²) in [4.78, 5) is 12.3. The second-order valence-corrected chi connectivity index (χ2v) is 5.93. The molecule has 1 aromatic rings. The standard InChI is InChI=1S/C15H19BrFNO/c1-11-6-5-7-12(13(11)17)14(19)18-15(10-16)8-3-2-4-9-15/h5-7H,2-4,8-10H2,1H3,(H,18,19). The zero-order chi connectivity index (χ0) is 13.9. The molecule has 0 radical (unpaired) electrons. The summed E-state index contributed by atoms with van der Waals surface area (Å²) in [5, 5.41) is 3.76. The van der Waals surface area contributed by atoms with Crippen molar-refractivity contribution in [1.29, 1.82) is 0 Å². The molecule has 0 saturated heterocycles. The van der Waals surface area contributed by atoms with E-state index in [1.807, 2.05) is 0 Å². The van der Waals surface area contributed by atoms with Gasteiger partial charge in [0, 0.05) is 5.33 Å². The van der Waals surface area contributed by atoms with Gasteiger partial charge in [0.15, 0.2) is 0 Å². The van der Waals surface area contributed by atoms with E-state index in [4.69, 9.17) is 0 Å². The number of hydrogen-bond donors (Lipinski definition) is 1. The van der Waals surface area contributed by atoms with Crippen molar-refractivity contribution in [3.05, 3.63) is 35.1 Å². The lowest BCUT2D eigenvalue weighted by Gasteiger charge is -2.36. The van der Waals surface area contributed by atoms with Gasteiger partial charge in [-0.2, -0.15) is 0 Å². The molecule has 1 saturated carbocycles. The normalized spacial score (nSPS) is 18.1. The predicted molar refractivity (Wildman–Crippen MR) is 78.2 cm³/mol. The highest BCUT2D eigenvalue weighted by atomic mass is 79.9. The lowest BCUT2D eigenvalue weighted by molar-refractivity contribution is 0.0882. The molecule has 0 atom stereocenters. The molecule has 1 fully saturated rings. The van der Waals surface area contributed by atoms with Crippen molar-refractivity contribution in [2.45, 2.75) is 44.6 Å². The highest BCUT2D eigenvalue weighted by Gasteiger charge is 2.33. The number of rotatable bonds is 3. The van der Waals surface area contributed by atoms with E-state index in [0.29, 0.717) is 5.56 Å². The van der Waals surface area contributed by atoms with Crippen LogP contribution in [-0.2, 0) is 0 Å². The molecule has 1 aliphatic carbocycles. The Balaban J connectivity index is 2.17. The first kappa shape index (κ1) is 14.5. The smallest absolute Gasteiger partial charge is 0.254 e. The number of alkyl halides is 1. The van der Waals surface area contributed by atoms with E-state index in [1.165, 1.54) is 6.42 Å². The maximum absolute atomic E-state index is 14.0. The SMILES string of the molecule is Cc1cccc(C(=O)NC2(CBr)CCCCC2)c1F. The minimum Gasteiger partial charge on any atom is -0.346 e. The van der Waals surface area contributed by atoms with Gasteiger partial charge in [-0.3, -0.25) is 4.79 Å². The van der Waals surface area contributed by atoms with E-state index < -0.39 is 5.82 Å². The Morgan fingerprint density at radius 2 is 2.05 bits per heavy atom. The predicted octanol–water partition coefficient (Wildman–Crippen LogP) is 3.96. The summed E-state index contributed by atoms with van der Waals surface area (Å²) >= 11 is 3.49. The zero-order valence-electron chi connectivity index (χ0n) is 11.1. The van der Waals surface area contributed by atoms with Gasteiger partial charge in [-0.25, -0.2) is 4.39 Å². The Morgan fingerprint density at radius 1 is 1.37 bits per heavy atom. The Hall–Kier alpha value is -0.900. The van der Waals surface area contributed by atoms with E-state index in [1.54, 1.807) is 25.1 Å². The lowest BCUT2D eigenvalue weighted by Crippen LogP contribution is -2.51. The molecule has 1 amide bonds. The van der Waals surface area contributed by atoms with Crippen LogP contribution < -0.4 is 5.32 Å². The monoisotopic (exact) mass is 327 g/mol. The molecule has 0 spiro atoms. The molecule has 0 aromatic heterocycles. The maximum atomic E-state index is 14.0. The van der Waals surface area contributed by atoms with Gasteiger partial charge in [-0.1, -0.05) is 47.3 Å². The van der Waals surface area contributed by atoms with Crippen LogP contribution in [0.1, 0.15) is 48.0 Å². The van der Waals surface area contributed by atoms with Crippen LogP contribution in [0.5, 0.6) is 0 Å². The molecular weight excluding hydrogens is 309 g/mol. The Morgan fingerprint density at radius 3 is 2.68 bits per heavy atom. The molecule has 0 bridgehead atoms. The molecule has 1 aliphatic rings. The second-order valence-electron chi connectivity index (χ2n) is 5.37. The van der Waals surface area contributed by atoms with Gasteiger partial charge in [0.05, 0.1) is 11.1 Å². The van der Waals surface area contributed by atoms with E-state index in [2.05, 4.69) is 21.2 Å². The van der Waals surface area contributed by atoms with Crippen LogP contribution >= 0.6 is 15.9 Å². The van der Waals surface area contributed by atoms with Crippen molar-refractivity contribution in [1.82, 2.24) is 5.32 Å². The Kier molecular flexibility index (Phi) is 4.61. The third kappa shape index (κ3) is 3.16. The van der Waals surface area contributed by atoms with Crippen molar-refractivity contribution in [3.63, 3.8) is 0 Å². The summed E-state index contributed by atoms with van der Waals surface area (Å²) in [7, 11) is 0. The number of benzene rings is 1. The Labute approximate surface area is 121 Å². The summed E-state index contributed by atoms with van der Waals surface area (Å²) in [5.41, 5.74) is 0.431. The summed E-state index contributed by atoms with van der Waals surface area (Å²) in [6.45, 7) is 1.67. The molecule has 0 aliphatic heterocycles. The van der Waals surface area contributed by atoms with E-state index in [9.17, 15) is 9.18 Å². The number of aryl methyl sites for hydroxylation is 1. The Bertz CT molecular complexity index is 469. The maximum Gasteiger partial charge on any atom is 0.254 e. The fourth-order valence-electron chi connectivity index (χ4n) is 2.65. The van der Waals surface area contributed by atoms with Crippen LogP contribution in [0.2, 0.25) is 0 Å². The fraction of sp³-hybridized carbons (Fsp3) is 0.533. The largest absolute Gasteiger partial charge is 0.346 e.